The summed E-state index contributed by atoms with van der Waals surface area (Å²) in [6.07, 6.45) is 0. The first-order chi connectivity index (χ1) is 9.45. The van der Waals surface area contributed by atoms with Crippen molar-refractivity contribution in [2.45, 2.75) is 13.0 Å². The number of amides is 1. The number of hydrogen-bond acceptors (Lipinski definition) is 3. The number of benzene rings is 2. The Morgan fingerprint density at radius 1 is 1.30 bits per heavy atom. The molecule has 0 aliphatic heterocycles. The van der Waals surface area contributed by atoms with Crippen LogP contribution in [0.25, 0.3) is 0 Å². The predicted molar refractivity (Wildman–Crippen MR) is 74.8 cm³/mol. The van der Waals surface area contributed by atoms with Crippen LogP contribution in [0.5, 0.6) is 5.75 Å². The summed E-state index contributed by atoms with van der Waals surface area (Å²) in [4.78, 5) is 11.6. The van der Waals surface area contributed by atoms with E-state index in [9.17, 15) is 14.3 Å². The third-order valence-electron chi connectivity index (χ3n) is 2.84. The summed E-state index contributed by atoms with van der Waals surface area (Å²) < 4.78 is 13.3. The molecule has 1 unspecified atom stereocenters. The second kappa shape index (κ2) is 5.61. The van der Waals surface area contributed by atoms with E-state index in [-0.39, 0.29) is 5.75 Å². The Kier molecular flexibility index (Phi) is 3.89. The second-order valence-electron chi connectivity index (χ2n) is 4.59. The van der Waals surface area contributed by atoms with Crippen molar-refractivity contribution in [3.05, 3.63) is 59.4 Å². The van der Waals surface area contributed by atoms with Gasteiger partial charge in [-0.25, -0.2) is 4.39 Å². The lowest BCUT2D eigenvalue weighted by Crippen LogP contribution is -2.27. The monoisotopic (exact) mass is 274 g/mol. The van der Waals surface area contributed by atoms with E-state index in [1.54, 1.807) is 25.1 Å². The normalized spacial score (nSPS) is 11.9. The molecule has 0 saturated carbocycles. The van der Waals surface area contributed by atoms with E-state index in [4.69, 9.17) is 5.73 Å². The van der Waals surface area contributed by atoms with E-state index in [1.165, 1.54) is 24.3 Å². The summed E-state index contributed by atoms with van der Waals surface area (Å²) in [6.45, 7) is 1.75. The van der Waals surface area contributed by atoms with E-state index < -0.39 is 17.8 Å². The zero-order valence-electron chi connectivity index (χ0n) is 10.9. The number of carbonyl (C=O) groups is 1. The van der Waals surface area contributed by atoms with Crippen LogP contribution < -0.4 is 11.1 Å². The molecule has 0 aliphatic rings. The Hall–Kier alpha value is -2.56. The van der Waals surface area contributed by atoms with Crippen molar-refractivity contribution in [3.8, 4) is 5.75 Å². The van der Waals surface area contributed by atoms with Gasteiger partial charge in [0.15, 0.2) is 0 Å². The molecular weight excluding hydrogens is 259 g/mol. The number of primary amides is 1. The van der Waals surface area contributed by atoms with Crippen LogP contribution in [-0.4, -0.2) is 11.0 Å². The average molecular weight is 274 g/mol. The van der Waals surface area contributed by atoms with Crippen molar-refractivity contribution in [1.29, 1.82) is 0 Å². The van der Waals surface area contributed by atoms with Gasteiger partial charge in [-0.05, 0) is 48.4 Å². The van der Waals surface area contributed by atoms with Gasteiger partial charge in [-0.3, -0.25) is 4.79 Å². The third-order valence-corrected chi connectivity index (χ3v) is 2.84. The minimum Gasteiger partial charge on any atom is -0.508 e. The Balaban J connectivity index is 2.33. The number of phenolic OH excluding ortho intramolecular Hbond substituents is 1. The van der Waals surface area contributed by atoms with Crippen molar-refractivity contribution in [2.24, 2.45) is 5.73 Å². The summed E-state index contributed by atoms with van der Waals surface area (Å²) in [5, 5.41) is 12.3. The van der Waals surface area contributed by atoms with E-state index in [1.807, 2.05) is 0 Å². The van der Waals surface area contributed by atoms with Crippen LogP contribution in [0.1, 0.15) is 17.2 Å². The number of phenols is 1. The summed E-state index contributed by atoms with van der Waals surface area (Å²) in [7, 11) is 0. The minimum absolute atomic E-state index is 0.0333. The predicted octanol–water partition coefficient (Wildman–Crippen LogP) is 2.48. The van der Waals surface area contributed by atoms with Crippen LogP contribution in [0, 0.1) is 12.7 Å². The fourth-order valence-electron chi connectivity index (χ4n) is 2.01. The van der Waals surface area contributed by atoms with E-state index in [2.05, 4.69) is 5.32 Å². The Morgan fingerprint density at radius 2 is 2.05 bits per heavy atom. The SMILES string of the molecule is Cc1cc(F)cc(NC(C(N)=O)c2cccc(O)c2)c1. The zero-order valence-corrected chi connectivity index (χ0v) is 10.9. The summed E-state index contributed by atoms with van der Waals surface area (Å²) >= 11 is 0. The molecule has 0 spiro atoms. The van der Waals surface area contributed by atoms with Gasteiger partial charge >= 0.3 is 0 Å². The molecule has 0 heterocycles. The van der Waals surface area contributed by atoms with Crippen molar-refractivity contribution in [2.75, 3.05) is 5.32 Å². The third kappa shape index (κ3) is 3.26. The highest BCUT2D eigenvalue weighted by Gasteiger charge is 2.18. The highest BCUT2D eigenvalue weighted by atomic mass is 19.1. The number of rotatable bonds is 4. The summed E-state index contributed by atoms with van der Waals surface area (Å²) in [6, 6.07) is 9.74. The molecule has 104 valence electrons. The minimum atomic E-state index is -0.844. The fourth-order valence-corrected chi connectivity index (χ4v) is 2.01. The lowest BCUT2D eigenvalue weighted by Gasteiger charge is -2.17. The maximum absolute atomic E-state index is 13.3. The molecule has 4 nitrogen and oxygen atoms in total. The van der Waals surface area contributed by atoms with Crippen molar-refractivity contribution in [1.82, 2.24) is 0 Å². The van der Waals surface area contributed by atoms with Crippen LogP contribution in [0.2, 0.25) is 0 Å². The molecule has 20 heavy (non-hydrogen) atoms. The van der Waals surface area contributed by atoms with Gasteiger partial charge in [0, 0.05) is 5.69 Å². The van der Waals surface area contributed by atoms with Gasteiger partial charge in [0.1, 0.15) is 17.6 Å². The Labute approximate surface area is 116 Å². The molecule has 0 bridgehead atoms. The van der Waals surface area contributed by atoms with Gasteiger partial charge in [0.2, 0.25) is 5.91 Å². The number of anilines is 1. The molecule has 0 saturated heterocycles. The highest BCUT2D eigenvalue weighted by molar-refractivity contribution is 5.84. The van der Waals surface area contributed by atoms with Crippen LogP contribution in [0.4, 0.5) is 10.1 Å². The summed E-state index contributed by atoms with van der Waals surface area (Å²) in [5.41, 5.74) is 7.06. The molecule has 5 heteroatoms. The first-order valence-corrected chi connectivity index (χ1v) is 6.07. The number of aryl methyl sites for hydroxylation is 1. The first-order valence-electron chi connectivity index (χ1n) is 6.07. The van der Waals surface area contributed by atoms with E-state index >= 15 is 0 Å². The number of carbonyl (C=O) groups excluding carboxylic acids is 1. The van der Waals surface area contributed by atoms with E-state index in [0.717, 1.165) is 5.56 Å². The number of nitrogens with two attached hydrogens (primary N) is 1. The smallest absolute Gasteiger partial charge is 0.244 e. The lowest BCUT2D eigenvalue weighted by atomic mass is 10.1. The molecule has 2 aromatic carbocycles. The average Bonchev–Trinajstić information content (AvgIpc) is 2.34. The van der Waals surface area contributed by atoms with Gasteiger partial charge < -0.3 is 16.2 Å². The van der Waals surface area contributed by atoms with Gasteiger partial charge in [-0.2, -0.15) is 0 Å². The molecule has 4 N–H and O–H groups in total. The van der Waals surface area contributed by atoms with Crippen LogP contribution in [0.3, 0.4) is 0 Å². The van der Waals surface area contributed by atoms with Gasteiger partial charge in [0.05, 0.1) is 0 Å². The zero-order chi connectivity index (χ0) is 14.7. The molecule has 2 aromatic rings. The van der Waals surface area contributed by atoms with Gasteiger partial charge in [-0.15, -0.1) is 0 Å². The maximum atomic E-state index is 13.3. The fraction of sp³-hybridized carbons (Fsp3) is 0.133. The van der Waals surface area contributed by atoms with E-state index in [0.29, 0.717) is 11.3 Å². The molecule has 2 rings (SSSR count). The van der Waals surface area contributed by atoms with Crippen LogP contribution in [-0.2, 0) is 4.79 Å². The van der Waals surface area contributed by atoms with Crippen molar-refractivity contribution in [3.63, 3.8) is 0 Å². The molecule has 0 aliphatic carbocycles. The highest BCUT2D eigenvalue weighted by Crippen LogP contribution is 2.23. The molecule has 1 atom stereocenters. The number of hydrogen-bond donors (Lipinski definition) is 3. The standard InChI is InChI=1S/C15H15FN2O2/c1-9-5-11(16)8-12(6-9)18-14(15(17)20)10-3-2-4-13(19)7-10/h2-8,14,18-19H,1H3,(H2,17,20). The first kappa shape index (κ1) is 13.9. The van der Waals surface area contributed by atoms with Crippen LogP contribution in [0.15, 0.2) is 42.5 Å². The molecule has 0 radical (unpaired) electrons. The lowest BCUT2D eigenvalue weighted by molar-refractivity contribution is -0.118. The Bertz CT molecular complexity index is 623. The number of aromatic hydroxyl groups is 1. The number of nitrogens with one attached hydrogen (secondary N) is 1. The largest absolute Gasteiger partial charge is 0.508 e. The van der Waals surface area contributed by atoms with Crippen molar-refractivity contribution < 1.29 is 14.3 Å². The second-order valence-corrected chi connectivity index (χ2v) is 4.59. The van der Waals surface area contributed by atoms with Crippen LogP contribution >= 0.6 is 0 Å². The number of halogens is 1. The molecular formula is C15H15FN2O2. The molecule has 0 fully saturated rings. The molecule has 0 aromatic heterocycles. The maximum Gasteiger partial charge on any atom is 0.244 e. The van der Waals surface area contributed by atoms with Gasteiger partial charge in [-0.1, -0.05) is 12.1 Å². The molecule has 1 amide bonds. The topological polar surface area (TPSA) is 75.3 Å². The van der Waals surface area contributed by atoms with Gasteiger partial charge in [0.25, 0.3) is 0 Å². The Morgan fingerprint density at radius 3 is 2.65 bits per heavy atom. The van der Waals surface area contributed by atoms with Crippen molar-refractivity contribution >= 4 is 11.6 Å². The summed E-state index contributed by atoms with van der Waals surface area (Å²) in [5.74, 6) is -0.977. The quantitative estimate of drug-likeness (QED) is 0.801.